The Bertz CT molecular complexity index is 1630. The van der Waals surface area contributed by atoms with Crippen molar-refractivity contribution in [2.45, 2.75) is 43.1 Å². The lowest BCUT2D eigenvalue weighted by Gasteiger charge is -2.36. The normalized spacial score (nSPS) is 19.0. The number of carbonyl (C=O) groups excluding carboxylic acids is 3. The van der Waals surface area contributed by atoms with Gasteiger partial charge in [0.2, 0.25) is 0 Å². The summed E-state index contributed by atoms with van der Waals surface area (Å²) in [4.78, 5) is 42.2. The molecule has 0 radical (unpaired) electrons. The largest absolute Gasteiger partial charge is 0.435 e. The highest BCUT2D eigenvalue weighted by atomic mass is 35.5. The predicted molar refractivity (Wildman–Crippen MR) is 144 cm³/mol. The monoisotopic (exact) mass is 646 g/mol. The lowest BCUT2D eigenvalue weighted by Crippen LogP contribution is -2.50. The predicted octanol–water partition coefficient (Wildman–Crippen LogP) is 4.40. The first-order valence-electron chi connectivity index (χ1n) is 13.2. The summed E-state index contributed by atoms with van der Waals surface area (Å²) < 4.78 is 84.6. The number of benzene rings is 1. The molecule has 236 valence electrons. The molecule has 1 saturated heterocycles. The van der Waals surface area contributed by atoms with Crippen molar-refractivity contribution in [1.82, 2.24) is 29.5 Å². The molecule has 4 N–H and O–H groups in total. The molecule has 11 nitrogen and oxygen atoms in total. The average Bonchev–Trinajstić information content (AvgIpc) is 3.24. The average molecular weight is 647 g/mol. The Kier molecular flexibility index (Phi) is 7.80. The molecule has 0 bridgehead atoms. The number of nitrogens with zero attached hydrogens (tertiary/aromatic N) is 5. The van der Waals surface area contributed by atoms with Crippen molar-refractivity contribution in [3.05, 3.63) is 52.7 Å². The first-order chi connectivity index (χ1) is 20.5. The molecule has 3 heterocycles. The zero-order valence-electron chi connectivity index (χ0n) is 22.9. The maximum Gasteiger partial charge on any atom is 0.435 e. The van der Waals surface area contributed by atoms with Gasteiger partial charge in [-0.05, 0) is 18.2 Å². The number of nitrogens with one attached hydrogen (secondary N) is 2. The summed E-state index contributed by atoms with van der Waals surface area (Å²) in [5.74, 6) is -4.77. The lowest BCUT2D eigenvalue weighted by molar-refractivity contribution is -0.141. The Hall–Kier alpha value is -4.28. The smallest absolute Gasteiger partial charge is 0.352 e. The fourth-order valence-corrected chi connectivity index (χ4v) is 5.22. The van der Waals surface area contributed by atoms with Crippen molar-refractivity contribution in [3.63, 3.8) is 0 Å². The molecular formula is C26H25ClF6N8O3. The molecule has 1 aliphatic heterocycles. The first kappa shape index (κ1) is 31.2. The number of piperidine rings is 1. The summed E-state index contributed by atoms with van der Waals surface area (Å²) in [6.07, 6.45) is -3.80. The zero-order valence-corrected chi connectivity index (χ0v) is 23.6. The Morgan fingerprint density at radius 1 is 1.16 bits per heavy atom. The van der Waals surface area contributed by atoms with Gasteiger partial charge >= 0.3 is 12.2 Å². The summed E-state index contributed by atoms with van der Waals surface area (Å²) in [6.45, 7) is -0.155. The van der Waals surface area contributed by atoms with Crippen molar-refractivity contribution in [2.75, 3.05) is 25.0 Å². The number of hydrogen-bond donors (Lipinski definition) is 3. The van der Waals surface area contributed by atoms with Crippen LogP contribution in [0.15, 0.2) is 30.6 Å². The van der Waals surface area contributed by atoms with Gasteiger partial charge in [0.15, 0.2) is 11.5 Å². The van der Waals surface area contributed by atoms with Gasteiger partial charge in [-0.25, -0.2) is 22.9 Å². The number of urea groups is 1. The van der Waals surface area contributed by atoms with Gasteiger partial charge in [0.05, 0.1) is 34.6 Å². The minimum atomic E-state index is -4.96. The second kappa shape index (κ2) is 11.0. The first-order valence-corrected chi connectivity index (χ1v) is 13.6. The van der Waals surface area contributed by atoms with Crippen LogP contribution >= 0.6 is 11.6 Å². The van der Waals surface area contributed by atoms with Crippen LogP contribution in [0, 0.1) is 0 Å². The molecule has 4 amide bonds. The van der Waals surface area contributed by atoms with E-state index >= 15 is 0 Å². The molecule has 44 heavy (non-hydrogen) atoms. The molecule has 1 unspecified atom stereocenters. The van der Waals surface area contributed by atoms with Gasteiger partial charge in [0.25, 0.3) is 17.7 Å². The number of rotatable bonds is 7. The summed E-state index contributed by atoms with van der Waals surface area (Å²) >= 11 is 6.32. The molecule has 2 aliphatic rings. The third-order valence-electron chi connectivity index (χ3n) is 7.56. The SMILES string of the molecule is Cn1c(-c2cn(C3CC3(F)F)nc2C(F)(F)F)cnc1C(=O)Nc1ccc(C(=O)N2CCC(F)(CNC(N)=O)CC2)c(Cl)c1. The van der Waals surface area contributed by atoms with Gasteiger partial charge in [0.1, 0.15) is 11.7 Å². The summed E-state index contributed by atoms with van der Waals surface area (Å²) in [5, 5.41) is 8.06. The van der Waals surface area contributed by atoms with E-state index in [4.69, 9.17) is 17.3 Å². The zero-order chi connectivity index (χ0) is 32.2. The minimum absolute atomic E-state index is 0.0279. The fraction of sp³-hybridized carbons (Fsp3) is 0.423. The number of likely N-dealkylation sites (tertiary alicyclic amines) is 1. The van der Waals surface area contributed by atoms with Gasteiger partial charge in [-0.15, -0.1) is 0 Å². The Morgan fingerprint density at radius 3 is 2.39 bits per heavy atom. The summed E-state index contributed by atoms with van der Waals surface area (Å²) in [5.41, 5.74) is 1.41. The van der Waals surface area contributed by atoms with Gasteiger partial charge < -0.3 is 25.8 Å². The van der Waals surface area contributed by atoms with Crippen LogP contribution in [0.4, 0.5) is 36.8 Å². The van der Waals surface area contributed by atoms with Crippen LogP contribution in [-0.2, 0) is 13.2 Å². The van der Waals surface area contributed by atoms with E-state index in [9.17, 15) is 40.7 Å². The molecule has 18 heteroatoms. The number of anilines is 1. The van der Waals surface area contributed by atoms with E-state index in [1.54, 1.807) is 0 Å². The molecule has 0 spiro atoms. The van der Waals surface area contributed by atoms with Crippen molar-refractivity contribution in [3.8, 4) is 11.3 Å². The number of aromatic nitrogens is 4. The highest BCUT2D eigenvalue weighted by molar-refractivity contribution is 6.34. The highest BCUT2D eigenvalue weighted by Gasteiger charge is 2.59. The Morgan fingerprint density at radius 2 is 1.82 bits per heavy atom. The lowest BCUT2D eigenvalue weighted by atomic mass is 9.93. The molecule has 1 saturated carbocycles. The molecule has 3 aromatic rings. The van der Waals surface area contributed by atoms with Crippen LogP contribution in [0.3, 0.4) is 0 Å². The number of alkyl halides is 6. The summed E-state index contributed by atoms with van der Waals surface area (Å²) in [6, 6.07) is 1.68. The maximum atomic E-state index is 14.9. The number of hydrogen-bond acceptors (Lipinski definition) is 5. The van der Waals surface area contributed by atoms with E-state index in [1.807, 2.05) is 0 Å². The van der Waals surface area contributed by atoms with Gasteiger partial charge in [0, 0.05) is 51.3 Å². The number of imidazole rings is 1. The van der Waals surface area contributed by atoms with Crippen LogP contribution < -0.4 is 16.4 Å². The Labute approximate surface area is 250 Å². The Balaban J connectivity index is 1.28. The number of nitrogens with two attached hydrogens (primary N) is 1. The molecule has 2 fully saturated rings. The van der Waals surface area contributed by atoms with Crippen LogP contribution in [-0.4, -0.2) is 73.3 Å². The second-order valence-electron chi connectivity index (χ2n) is 10.7. The topological polar surface area (TPSA) is 140 Å². The quantitative estimate of drug-likeness (QED) is 0.327. The van der Waals surface area contributed by atoms with E-state index in [0.717, 1.165) is 17.0 Å². The molecule has 1 aromatic carbocycles. The van der Waals surface area contributed by atoms with Crippen LogP contribution in [0.5, 0.6) is 0 Å². The van der Waals surface area contributed by atoms with E-state index in [1.165, 1.54) is 30.1 Å². The number of carbonyl (C=O) groups is 3. The third kappa shape index (κ3) is 6.18. The molecule has 1 atom stereocenters. The second-order valence-corrected chi connectivity index (χ2v) is 11.1. The molecule has 2 aromatic heterocycles. The van der Waals surface area contributed by atoms with Crippen molar-refractivity contribution in [2.24, 2.45) is 12.8 Å². The van der Waals surface area contributed by atoms with Crippen LogP contribution in [0.25, 0.3) is 11.3 Å². The number of amides is 4. The van der Waals surface area contributed by atoms with Crippen molar-refractivity contribution >= 4 is 35.1 Å². The van der Waals surface area contributed by atoms with E-state index in [-0.39, 0.29) is 60.3 Å². The fourth-order valence-electron chi connectivity index (χ4n) is 4.96. The van der Waals surface area contributed by atoms with Crippen molar-refractivity contribution in [1.29, 1.82) is 0 Å². The highest BCUT2D eigenvalue weighted by Crippen LogP contribution is 2.53. The van der Waals surface area contributed by atoms with Gasteiger partial charge in [-0.1, -0.05) is 11.6 Å². The third-order valence-corrected chi connectivity index (χ3v) is 7.88. The van der Waals surface area contributed by atoms with E-state index in [2.05, 4.69) is 20.7 Å². The van der Waals surface area contributed by atoms with Crippen LogP contribution in [0.2, 0.25) is 5.02 Å². The molecule has 1 aliphatic carbocycles. The molecule has 5 rings (SSSR count). The number of primary amides is 1. The van der Waals surface area contributed by atoms with Gasteiger partial charge in [-0.3, -0.25) is 14.3 Å². The van der Waals surface area contributed by atoms with E-state index in [0.29, 0.717) is 4.68 Å². The van der Waals surface area contributed by atoms with Gasteiger partial charge in [-0.2, -0.15) is 18.3 Å². The minimum Gasteiger partial charge on any atom is -0.352 e. The maximum absolute atomic E-state index is 14.9. The van der Waals surface area contributed by atoms with E-state index < -0.39 is 59.3 Å². The molecular weight excluding hydrogens is 622 g/mol. The standard InChI is InChI=1S/C26H25ClF6N8O3/c1-39-17(15-11-41(18-9-25(18,29)30)38-19(15)26(31,32)33)10-35-20(39)21(42)37-13-2-3-14(16(27)8-13)22(43)40-6-4-24(28,5-7-40)12-36-23(34)44/h2-3,8,10-11,18H,4-7,9,12H2,1H3,(H,37,42)(H3,34,36,44). The van der Waals surface area contributed by atoms with Crippen LogP contribution in [0.1, 0.15) is 52.0 Å². The number of halogens is 7. The summed E-state index contributed by atoms with van der Waals surface area (Å²) in [7, 11) is 1.28. The van der Waals surface area contributed by atoms with Crippen molar-refractivity contribution < 1.29 is 40.7 Å².